The summed E-state index contributed by atoms with van der Waals surface area (Å²) >= 11 is 11.5. The third-order valence-corrected chi connectivity index (χ3v) is 4.26. The molecule has 0 saturated heterocycles. The summed E-state index contributed by atoms with van der Waals surface area (Å²) in [4.78, 5) is 3.76. The van der Waals surface area contributed by atoms with Gasteiger partial charge in [0.05, 0.1) is 12.8 Å². The Balaban J connectivity index is 2.40. The molecule has 0 bridgehead atoms. The SMILES string of the molecule is COc1cc(Cl)ccc1S(=O)(=O)Nc1ccnc(Cl)c1. The summed E-state index contributed by atoms with van der Waals surface area (Å²) in [5.41, 5.74) is 0.307. The average Bonchev–Trinajstić information content (AvgIpc) is 2.37. The first-order valence-corrected chi connectivity index (χ1v) is 7.64. The smallest absolute Gasteiger partial charge is 0.265 e. The highest BCUT2D eigenvalue weighted by molar-refractivity contribution is 7.92. The summed E-state index contributed by atoms with van der Waals surface area (Å²) < 4.78 is 32.0. The lowest BCUT2D eigenvalue weighted by molar-refractivity contribution is 0.403. The maximum absolute atomic E-state index is 12.3. The van der Waals surface area contributed by atoms with Gasteiger partial charge in [-0.2, -0.15) is 0 Å². The van der Waals surface area contributed by atoms with E-state index in [0.717, 1.165) is 0 Å². The predicted octanol–water partition coefficient (Wildman–Crippen LogP) is 3.20. The second-order valence-corrected chi connectivity index (χ2v) is 6.24. The van der Waals surface area contributed by atoms with E-state index < -0.39 is 10.0 Å². The second-order valence-electron chi connectivity index (χ2n) is 3.77. The lowest BCUT2D eigenvalue weighted by atomic mass is 10.3. The van der Waals surface area contributed by atoms with E-state index >= 15 is 0 Å². The molecule has 0 unspecified atom stereocenters. The number of rotatable bonds is 4. The van der Waals surface area contributed by atoms with Crippen LogP contribution >= 0.6 is 23.2 Å². The molecule has 5 nitrogen and oxygen atoms in total. The molecule has 2 rings (SSSR count). The number of halogens is 2. The van der Waals surface area contributed by atoms with Crippen molar-refractivity contribution in [1.29, 1.82) is 0 Å². The maximum Gasteiger partial charge on any atom is 0.265 e. The lowest BCUT2D eigenvalue weighted by Gasteiger charge is -2.11. The summed E-state index contributed by atoms with van der Waals surface area (Å²) in [7, 11) is -2.44. The summed E-state index contributed by atoms with van der Waals surface area (Å²) in [5.74, 6) is 0.158. The fourth-order valence-corrected chi connectivity index (χ4v) is 3.08. The summed E-state index contributed by atoms with van der Waals surface area (Å²) in [5, 5.41) is 0.570. The van der Waals surface area contributed by atoms with E-state index in [1.165, 1.54) is 43.6 Å². The zero-order valence-corrected chi connectivity index (χ0v) is 12.6. The van der Waals surface area contributed by atoms with E-state index in [1.54, 1.807) is 0 Å². The summed E-state index contributed by atoms with van der Waals surface area (Å²) in [6, 6.07) is 7.16. The van der Waals surface area contributed by atoms with Crippen molar-refractivity contribution in [3.8, 4) is 5.75 Å². The van der Waals surface area contributed by atoms with Crippen LogP contribution in [0.25, 0.3) is 0 Å². The first-order valence-electron chi connectivity index (χ1n) is 5.40. The number of pyridine rings is 1. The minimum atomic E-state index is -3.81. The van der Waals surface area contributed by atoms with Crippen molar-refractivity contribution < 1.29 is 13.2 Å². The predicted molar refractivity (Wildman–Crippen MR) is 78.1 cm³/mol. The van der Waals surface area contributed by atoms with Gasteiger partial charge in [-0.25, -0.2) is 13.4 Å². The molecular formula is C12H10Cl2N2O3S. The van der Waals surface area contributed by atoms with Crippen LogP contribution in [0.15, 0.2) is 41.4 Å². The van der Waals surface area contributed by atoms with Gasteiger partial charge >= 0.3 is 0 Å². The van der Waals surface area contributed by atoms with Gasteiger partial charge in [-0.05, 0) is 24.3 Å². The zero-order chi connectivity index (χ0) is 14.8. The first kappa shape index (κ1) is 14.9. The molecule has 1 aromatic carbocycles. The standard InChI is InChI=1S/C12H10Cl2N2O3S/c1-19-10-6-8(13)2-3-11(10)20(17,18)16-9-4-5-15-12(14)7-9/h2-7H,1H3,(H,15,16). The Kier molecular flexibility index (Phi) is 4.37. The van der Waals surface area contributed by atoms with E-state index in [1.807, 2.05) is 0 Å². The highest BCUT2D eigenvalue weighted by Crippen LogP contribution is 2.28. The minimum Gasteiger partial charge on any atom is -0.495 e. The Morgan fingerprint density at radius 3 is 2.60 bits per heavy atom. The Hall–Kier alpha value is -1.50. The summed E-state index contributed by atoms with van der Waals surface area (Å²) in [6.07, 6.45) is 1.40. The third kappa shape index (κ3) is 3.33. The number of methoxy groups -OCH3 is 1. The highest BCUT2D eigenvalue weighted by Gasteiger charge is 2.20. The van der Waals surface area contributed by atoms with Crippen molar-refractivity contribution >= 4 is 38.9 Å². The lowest BCUT2D eigenvalue weighted by Crippen LogP contribution is -2.14. The Morgan fingerprint density at radius 1 is 1.20 bits per heavy atom. The van der Waals surface area contributed by atoms with Crippen LogP contribution in [0.4, 0.5) is 5.69 Å². The number of nitrogens with one attached hydrogen (secondary N) is 1. The molecular weight excluding hydrogens is 323 g/mol. The largest absolute Gasteiger partial charge is 0.495 e. The first-order chi connectivity index (χ1) is 9.42. The van der Waals surface area contributed by atoms with Crippen LogP contribution in [0.3, 0.4) is 0 Å². The third-order valence-electron chi connectivity index (χ3n) is 2.39. The molecule has 0 spiro atoms. The normalized spacial score (nSPS) is 11.2. The van der Waals surface area contributed by atoms with Crippen LogP contribution in [0.1, 0.15) is 0 Å². The van der Waals surface area contributed by atoms with Crippen molar-refractivity contribution in [2.75, 3.05) is 11.8 Å². The number of hydrogen-bond donors (Lipinski definition) is 1. The Morgan fingerprint density at radius 2 is 1.95 bits per heavy atom. The molecule has 0 saturated carbocycles. The zero-order valence-electron chi connectivity index (χ0n) is 10.3. The maximum atomic E-state index is 12.3. The highest BCUT2D eigenvalue weighted by atomic mass is 35.5. The average molecular weight is 333 g/mol. The van der Waals surface area contributed by atoms with Crippen LogP contribution in [0.5, 0.6) is 5.75 Å². The number of ether oxygens (including phenoxy) is 1. The molecule has 0 aliphatic carbocycles. The van der Waals surface area contributed by atoms with E-state index in [2.05, 4.69) is 9.71 Å². The Labute approximate surface area is 126 Å². The van der Waals surface area contributed by atoms with Gasteiger partial charge in [0.2, 0.25) is 0 Å². The topological polar surface area (TPSA) is 68.3 Å². The van der Waals surface area contributed by atoms with Crippen molar-refractivity contribution in [3.05, 3.63) is 46.7 Å². The molecule has 0 atom stereocenters. The van der Waals surface area contributed by atoms with Crippen LogP contribution in [-0.4, -0.2) is 20.5 Å². The molecule has 106 valence electrons. The van der Waals surface area contributed by atoms with Crippen molar-refractivity contribution in [3.63, 3.8) is 0 Å². The van der Waals surface area contributed by atoms with E-state index in [4.69, 9.17) is 27.9 Å². The van der Waals surface area contributed by atoms with Gasteiger partial charge < -0.3 is 4.74 Å². The van der Waals surface area contributed by atoms with Gasteiger partial charge in [0.15, 0.2) is 0 Å². The number of sulfonamides is 1. The molecule has 0 aliphatic heterocycles. The van der Waals surface area contributed by atoms with Gasteiger partial charge in [-0.15, -0.1) is 0 Å². The number of nitrogens with zero attached hydrogens (tertiary/aromatic N) is 1. The molecule has 0 radical (unpaired) electrons. The van der Waals surface area contributed by atoms with Crippen molar-refractivity contribution in [1.82, 2.24) is 4.98 Å². The minimum absolute atomic E-state index is 0.0164. The molecule has 20 heavy (non-hydrogen) atoms. The quantitative estimate of drug-likeness (QED) is 0.873. The molecule has 0 amide bonds. The fraction of sp³-hybridized carbons (Fsp3) is 0.0833. The van der Waals surface area contributed by atoms with Gasteiger partial charge in [0.1, 0.15) is 15.8 Å². The number of anilines is 1. The monoisotopic (exact) mass is 332 g/mol. The van der Waals surface area contributed by atoms with E-state index in [0.29, 0.717) is 10.7 Å². The molecule has 1 N–H and O–H groups in total. The van der Waals surface area contributed by atoms with Crippen LogP contribution in [0, 0.1) is 0 Å². The van der Waals surface area contributed by atoms with Gasteiger partial charge in [0.25, 0.3) is 10.0 Å². The summed E-state index contributed by atoms with van der Waals surface area (Å²) in [6.45, 7) is 0. The number of benzene rings is 1. The van der Waals surface area contributed by atoms with E-state index in [-0.39, 0.29) is 15.8 Å². The molecule has 0 fully saturated rings. The fourth-order valence-electron chi connectivity index (χ4n) is 1.54. The van der Waals surface area contributed by atoms with Crippen LogP contribution in [0.2, 0.25) is 10.2 Å². The van der Waals surface area contributed by atoms with Crippen LogP contribution in [-0.2, 0) is 10.0 Å². The van der Waals surface area contributed by atoms with Gasteiger partial charge in [-0.1, -0.05) is 23.2 Å². The number of hydrogen-bond acceptors (Lipinski definition) is 4. The number of aromatic nitrogens is 1. The van der Waals surface area contributed by atoms with E-state index in [9.17, 15) is 8.42 Å². The molecule has 1 aromatic heterocycles. The molecule has 0 aliphatic rings. The molecule has 1 heterocycles. The van der Waals surface area contributed by atoms with Crippen LogP contribution < -0.4 is 9.46 Å². The van der Waals surface area contributed by atoms with Crippen molar-refractivity contribution in [2.45, 2.75) is 4.90 Å². The molecule has 8 heteroatoms. The van der Waals surface area contributed by atoms with Gasteiger partial charge in [0, 0.05) is 17.3 Å². The molecule has 2 aromatic rings. The van der Waals surface area contributed by atoms with Gasteiger partial charge in [-0.3, -0.25) is 4.72 Å². The Bertz CT molecular complexity index is 735. The second kappa shape index (κ2) is 5.87. The van der Waals surface area contributed by atoms with Crippen molar-refractivity contribution in [2.24, 2.45) is 0 Å².